The van der Waals surface area contributed by atoms with Crippen molar-refractivity contribution in [2.45, 2.75) is 38.1 Å². The van der Waals surface area contributed by atoms with Crippen molar-refractivity contribution >= 4 is 15.7 Å². The van der Waals surface area contributed by atoms with Gasteiger partial charge in [-0.15, -0.1) is 0 Å². The molecule has 1 aromatic heterocycles. The van der Waals surface area contributed by atoms with E-state index in [9.17, 15) is 8.42 Å². The molecule has 1 heterocycles. The third kappa shape index (κ3) is 4.32. The van der Waals surface area contributed by atoms with Gasteiger partial charge in [0.25, 0.3) is 10.0 Å². The number of rotatable bonds is 6. The molecule has 6 heteroatoms. The Morgan fingerprint density at radius 1 is 1.04 bits per heavy atom. The second-order valence-corrected chi connectivity index (χ2v) is 8.42. The summed E-state index contributed by atoms with van der Waals surface area (Å²) in [7, 11) is -3.62. The average molecular weight is 369 g/mol. The van der Waals surface area contributed by atoms with Gasteiger partial charge in [-0.2, -0.15) is 5.10 Å². The molecule has 0 spiro atoms. The first-order valence-corrected chi connectivity index (χ1v) is 10.0. The van der Waals surface area contributed by atoms with Crippen molar-refractivity contribution < 1.29 is 8.42 Å². The molecule has 0 unspecified atom stereocenters. The van der Waals surface area contributed by atoms with Crippen molar-refractivity contribution in [2.75, 3.05) is 4.72 Å². The average Bonchev–Trinajstić information content (AvgIpc) is 3.03. The molecule has 0 bridgehead atoms. The molecular formula is C20H23N3O2S. The Bertz CT molecular complexity index is 973. The van der Waals surface area contributed by atoms with Crippen LogP contribution < -0.4 is 4.72 Å². The van der Waals surface area contributed by atoms with Crippen LogP contribution in [0, 0.1) is 6.92 Å². The maximum Gasteiger partial charge on any atom is 0.261 e. The van der Waals surface area contributed by atoms with E-state index in [1.807, 2.05) is 43.3 Å². The highest BCUT2D eigenvalue weighted by atomic mass is 32.2. The maximum absolute atomic E-state index is 12.5. The summed E-state index contributed by atoms with van der Waals surface area (Å²) in [5.41, 5.74) is 3.86. The van der Waals surface area contributed by atoms with E-state index in [4.69, 9.17) is 0 Å². The Labute approximate surface area is 154 Å². The van der Waals surface area contributed by atoms with Crippen LogP contribution in [-0.2, 0) is 16.6 Å². The minimum atomic E-state index is -3.62. The van der Waals surface area contributed by atoms with Gasteiger partial charge in [-0.1, -0.05) is 55.8 Å². The summed E-state index contributed by atoms with van der Waals surface area (Å²) < 4.78 is 29.4. The van der Waals surface area contributed by atoms with Crippen molar-refractivity contribution in [3.63, 3.8) is 0 Å². The smallest absolute Gasteiger partial charge is 0.261 e. The van der Waals surface area contributed by atoms with E-state index in [0.717, 1.165) is 11.1 Å². The summed E-state index contributed by atoms with van der Waals surface area (Å²) in [5, 5.41) is 4.24. The summed E-state index contributed by atoms with van der Waals surface area (Å²) >= 11 is 0. The van der Waals surface area contributed by atoms with Crippen molar-refractivity contribution in [3.8, 4) is 0 Å². The van der Waals surface area contributed by atoms with Gasteiger partial charge in [0.15, 0.2) is 0 Å². The molecule has 0 amide bonds. The van der Waals surface area contributed by atoms with Gasteiger partial charge in [-0.3, -0.25) is 9.40 Å². The summed E-state index contributed by atoms with van der Waals surface area (Å²) in [6, 6.07) is 15.1. The van der Waals surface area contributed by atoms with E-state index in [1.54, 1.807) is 23.0 Å². The van der Waals surface area contributed by atoms with E-state index < -0.39 is 10.0 Å². The summed E-state index contributed by atoms with van der Waals surface area (Å²) in [5.74, 6) is 0.361. The third-order valence-electron chi connectivity index (χ3n) is 4.21. The van der Waals surface area contributed by atoms with Crippen LogP contribution in [0.5, 0.6) is 0 Å². The van der Waals surface area contributed by atoms with E-state index in [2.05, 4.69) is 23.7 Å². The van der Waals surface area contributed by atoms with Gasteiger partial charge in [0.05, 0.1) is 23.3 Å². The minimum absolute atomic E-state index is 0.244. The molecular weight excluding hydrogens is 346 g/mol. The highest BCUT2D eigenvalue weighted by molar-refractivity contribution is 7.92. The molecule has 3 aromatic rings. The lowest BCUT2D eigenvalue weighted by molar-refractivity contribution is 0.601. The van der Waals surface area contributed by atoms with Crippen LogP contribution in [0.1, 0.15) is 36.5 Å². The van der Waals surface area contributed by atoms with Crippen molar-refractivity contribution in [2.24, 2.45) is 0 Å². The summed E-state index contributed by atoms with van der Waals surface area (Å²) in [4.78, 5) is 0.244. The van der Waals surface area contributed by atoms with Crippen LogP contribution in [0.3, 0.4) is 0 Å². The van der Waals surface area contributed by atoms with Gasteiger partial charge in [0.1, 0.15) is 0 Å². The molecule has 0 radical (unpaired) electrons. The molecule has 0 saturated heterocycles. The Hall–Kier alpha value is -2.60. The van der Waals surface area contributed by atoms with E-state index in [0.29, 0.717) is 18.2 Å². The molecule has 5 nitrogen and oxygen atoms in total. The number of sulfonamides is 1. The molecule has 136 valence electrons. The number of hydrogen-bond donors (Lipinski definition) is 1. The number of nitrogens with one attached hydrogen (secondary N) is 1. The zero-order valence-corrected chi connectivity index (χ0v) is 16.0. The van der Waals surface area contributed by atoms with E-state index in [1.165, 1.54) is 11.8 Å². The molecule has 0 aliphatic rings. The predicted molar refractivity (Wildman–Crippen MR) is 104 cm³/mol. The quantitative estimate of drug-likeness (QED) is 0.709. The third-order valence-corrected chi connectivity index (χ3v) is 5.60. The van der Waals surface area contributed by atoms with Crippen LogP contribution in [0.15, 0.2) is 65.8 Å². The van der Waals surface area contributed by atoms with Crippen LogP contribution in [0.2, 0.25) is 0 Å². The molecule has 0 saturated carbocycles. The fourth-order valence-corrected chi connectivity index (χ4v) is 3.66. The highest BCUT2D eigenvalue weighted by Gasteiger charge is 2.15. The zero-order chi connectivity index (χ0) is 18.7. The van der Waals surface area contributed by atoms with Crippen molar-refractivity contribution in [3.05, 3.63) is 77.6 Å². The van der Waals surface area contributed by atoms with Gasteiger partial charge in [-0.25, -0.2) is 8.42 Å². The Balaban J connectivity index is 1.72. The SMILES string of the molecule is Cc1ccc(Cn2cc(NS(=O)(=O)c3ccc(C(C)C)cc3)cn2)cc1. The largest absolute Gasteiger partial charge is 0.276 e. The lowest BCUT2D eigenvalue weighted by atomic mass is 10.0. The molecule has 0 aliphatic carbocycles. The molecule has 0 fully saturated rings. The predicted octanol–water partition coefficient (Wildman–Crippen LogP) is 4.16. The molecule has 0 atom stereocenters. The fourth-order valence-electron chi connectivity index (χ4n) is 2.63. The van der Waals surface area contributed by atoms with Crippen molar-refractivity contribution in [1.82, 2.24) is 9.78 Å². The lowest BCUT2D eigenvalue weighted by Gasteiger charge is -2.08. The number of nitrogens with zero attached hydrogens (tertiary/aromatic N) is 2. The zero-order valence-electron chi connectivity index (χ0n) is 15.2. The molecule has 3 rings (SSSR count). The maximum atomic E-state index is 12.5. The number of hydrogen-bond acceptors (Lipinski definition) is 3. The Kier molecular flexibility index (Phi) is 5.13. The molecule has 0 aliphatic heterocycles. The molecule has 26 heavy (non-hydrogen) atoms. The van der Waals surface area contributed by atoms with Gasteiger partial charge in [0.2, 0.25) is 0 Å². The number of anilines is 1. The first-order chi connectivity index (χ1) is 12.3. The monoisotopic (exact) mass is 369 g/mol. The normalized spacial score (nSPS) is 11.7. The molecule has 1 N–H and O–H groups in total. The van der Waals surface area contributed by atoms with Gasteiger partial charge < -0.3 is 0 Å². The highest BCUT2D eigenvalue weighted by Crippen LogP contribution is 2.20. The number of aryl methyl sites for hydroxylation is 1. The van der Waals surface area contributed by atoms with Crippen LogP contribution >= 0.6 is 0 Å². The summed E-state index contributed by atoms with van der Waals surface area (Å²) in [6.07, 6.45) is 3.22. The number of benzene rings is 2. The lowest BCUT2D eigenvalue weighted by Crippen LogP contribution is -2.12. The fraction of sp³-hybridized carbons (Fsp3) is 0.250. The van der Waals surface area contributed by atoms with Crippen molar-refractivity contribution in [1.29, 1.82) is 0 Å². The second-order valence-electron chi connectivity index (χ2n) is 6.74. The summed E-state index contributed by atoms with van der Waals surface area (Å²) in [6.45, 7) is 6.78. The first-order valence-electron chi connectivity index (χ1n) is 8.54. The van der Waals surface area contributed by atoms with Crippen LogP contribution in [0.4, 0.5) is 5.69 Å². The Morgan fingerprint density at radius 3 is 2.31 bits per heavy atom. The van der Waals surface area contributed by atoms with Crippen LogP contribution in [0.25, 0.3) is 0 Å². The van der Waals surface area contributed by atoms with E-state index >= 15 is 0 Å². The Morgan fingerprint density at radius 2 is 1.69 bits per heavy atom. The number of aromatic nitrogens is 2. The van der Waals surface area contributed by atoms with Crippen LogP contribution in [-0.4, -0.2) is 18.2 Å². The second kappa shape index (κ2) is 7.33. The first kappa shape index (κ1) is 18.2. The standard InChI is InChI=1S/C20H23N3O2S/c1-15(2)18-8-10-20(11-9-18)26(24,25)22-19-12-21-23(14-19)13-17-6-4-16(3)5-7-17/h4-12,14-15,22H,13H2,1-3H3. The minimum Gasteiger partial charge on any atom is -0.276 e. The van der Waals surface area contributed by atoms with E-state index in [-0.39, 0.29) is 4.90 Å². The van der Waals surface area contributed by atoms with Gasteiger partial charge in [0, 0.05) is 6.20 Å². The van der Waals surface area contributed by atoms with Gasteiger partial charge in [-0.05, 0) is 36.1 Å². The van der Waals surface area contributed by atoms with Gasteiger partial charge >= 0.3 is 0 Å². The molecule has 2 aromatic carbocycles. The topological polar surface area (TPSA) is 64.0 Å².